The largest absolute Gasteiger partial charge is 0.455 e. The summed E-state index contributed by atoms with van der Waals surface area (Å²) in [6.07, 6.45) is 0. The minimum Gasteiger partial charge on any atom is -0.455 e. The normalized spacial score (nSPS) is 11.3. The summed E-state index contributed by atoms with van der Waals surface area (Å²) in [4.78, 5) is 46.8. The summed E-state index contributed by atoms with van der Waals surface area (Å²) in [5.41, 5.74) is 6.30. The minimum absolute atomic E-state index is 0.0218. The van der Waals surface area contributed by atoms with Crippen LogP contribution in [0.4, 0.5) is 15.8 Å². The molecule has 0 aromatic heterocycles. The Labute approximate surface area is 176 Å². The summed E-state index contributed by atoms with van der Waals surface area (Å²) >= 11 is 1.04. The van der Waals surface area contributed by atoms with Gasteiger partial charge in [-0.25, -0.2) is 4.39 Å². The number of carbonyl (C=O) groups is 4. The molecule has 0 heterocycles. The van der Waals surface area contributed by atoms with Gasteiger partial charge >= 0.3 is 5.97 Å². The number of nitrogens with one attached hydrogen (secondary N) is 2. The van der Waals surface area contributed by atoms with E-state index >= 15 is 0 Å². The number of rotatable bonds is 9. The Kier molecular flexibility index (Phi) is 8.36. The second-order valence-corrected chi connectivity index (χ2v) is 7.43. The average Bonchev–Trinajstić information content (AvgIpc) is 2.72. The Hall–Kier alpha value is -3.40. The second-order valence-electron chi connectivity index (χ2n) is 6.11. The van der Waals surface area contributed by atoms with Gasteiger partial charge in [-0.15, -0.1) is 11.8 Å². The molecule has 158 valence electrons. The molecule has 2 aromatic rings. The first-order valence-corrected chi connectivity index (χ1v) is 9.83. The molecule has 0 fully saturated rings. The molecule has 0 spiro atoms. The lowest BCUT2D eigenvalue weighted by atomic mass is 10.2. The molecule has 1 atom stereocenters. The fourth-order valence-electron chi connectivity index (χ4n) is 2.17. The van der Waals surface area contributed by atoms with Crippen molar-refractivity contribution in [3.8, 4) is 0 Å². The third-order valence-electron chi connectivity index (χ3n) is 3.72. The van der Waals surface area contributed by atoms with Gasteiger partial charge in [0.2, 0.25) is 11.8 Å². The van der Waals surface area contributed by atoms with E-state index in [1.165, 1.54) is 48.5 Å². The van der Waals surface area contributed by atoms with Crippen LogP contribution < -0.4 is 16.4 Å². The van der Waals surface area contributed by atoms with E-state index in [4.69, 9.17) is 10.5 Å². The number of carbonyl (C=O) groups excluding carboxylic acids is 4. The SMILES string of the molecule is C[C@H](SCC(=O)Nc1ccc(F)cc1)C(=O)OCC(=O)Nc1ccc(C(N)=O)cc1. The Morgan fingerprint density at radius 3 is 2.07 bits per heavy atom. The first-order valence-electron chi connectivity index (χ1n) is 8.78. The Bertz CT molecular complexity index is 919. The molecule has 0 saturated carbocycles. The highest BCUT2D eigenvalue weighted by atomic mass is 32.2. The number of primary amides is 1. The zero-order chi connectivity index (χ0) is 22.1. The molecule has 2 rings (SSSR count). The molecular formula is C20H20FN3O5S. The molecule has 3 amide bonds. The molecule has 0 aliphatic heterocycles. The minimum atomic E-state index is -0.674. The second kappa shape index (κ2) is 11.0. The highest BCUT2D eigenvalue weighted by Gasteiger charge is 2.18. The van der Waals surface area contributed by atoms with Crippen molar-refractivity contribution in [3.05, 3.63) is 59.9 Å². The number of nitrogens with two attached hydrogens (primary N) is 1. The maximum atomic E-state index is 12.8. The molecule has 8 nitrogen and oxygen atoms in total. The van der Waals surface area contributed by atoms with E-state index in [2.05, 4.69) is 10.6 Å². The van der Waals surface area contributed by atoms with Crippen molar-refractivity contribution in [2.45, 2.75) is 12.2 Å². The highest BCUT2D eigenvalue weighted by Crippen LogP contribution is 2.14. The fourth-order valence-corrected chi connectivity index (χ4v) is 2.85. The van der Waals surface area contributed by atoms with Crippen molar-refractivity contribution in [3.63, 3.8) is 0 Å². The predicted octanol–water partition coefficient (Wildman–Crippen LogP) is 2.17. The van der Waals surface area contributed by atoms with Gasteiger partial charge in [-0.2, -0.15) is 0 Å². The van der Waals surface area contributed by atoms with Crippen LogP contribution in [0.1, 0.15) is 17.3 Å². The summed E-state index contributed by atoms with van der Waals surface area (Å²) in [5.74, 6) is -2.57. The average molecular weight is 433 g/mol. The van der Waals surface area contributed by atoms with Gasteiger partial charge in [0.15, 0.2) is 6.61 Å². The molecule has 0 aliphatic carbocycles. The predicted molar refractivity (Wildman–Crippen MR) is 111 cm³/mol. The lowest BCUT2D eigenvalue weighted by molar-refractivity contribution is -0.146. The monoisotopic (exact) mass is 433 g/mol. The number of esters is 1. The van der Waals surface area contributed by atoms with Crippen molar-refractivity contribution in [1.29, 1.82) is 0 Å². The molecule has 0 unspecified atom stereocenters. The third-order valence-corrected chi connectivity index (χ3v) is 4.84. The Morgan fingerprint density at radius 2 is 1.50 bits per heavy atom. The van der Waals surface area contributed by atoms with Crippen LogP contribution in [0.2, 0.25) is 0 Å². The zero-order valence-electron chi connectivity index (χ0n) is 16.0. The molecule has 30 heavy (non-hydrogen) atoms. The van der Waals surface area contributed by atoms with Crippen molar-refractivity contribution in [2.24, 2.45) is 5.73 Å². The number of hydrogen-bond donors (Lipinski definition) is 3. The number of hydrogen-bond acceptors (Lipinski definition) is 6. The third kappa shape index (κ3) is 7.55. The van der Waals surface area contributed by atoms with Gasteiger partial charge in [0.05, 0.1) is 5.75 Å². The van der Waals surface area contributed by atoms with Crippen LogP contribution >= 0.6 is 11.8 Å². The molecule has 0 radical (unpaired) electrons. The van der Waals surface area contributed by atoms with E-state index in [0.717, 1.165) is 11.8 Å². The van der Waals surface area contributed by atoms with Gasteiger partial charge in [-0.3, -0.25) is 19.2 Å². The molecule has 2 aromatic carbocycles. The summed E-state index contributed by atoms with van der Waals surface area (Å²) in [6.45, 7) is 1.06. The number of anilines is 2. The van der Waals surface area contributed by atoms with Crippen LogP contribution in [-0.4, -0.2) is 41.3 Å². The first-order chi connectivity index (χ1) is 14.2. The van der Waals surface area contributed by atoms with Gasteiger partial charge in [-0.05, 0) is 55.5 Å². The summed E-state index contributed by atoms with van der Waals surface area (Å²) in [5, 5.41) is 4.42. The Morgan fingerprint density at radius 1 is 0.967 bits per heavy atom. The van der Waals surface area contributed by atoms with Gasteiger partial charge < -0.3 is 21.1 Å². The fraction of sp³-hybridized carbons (Fsp3) is 0.200. The standard InChI is InChI=1S/C20H20FN3O5S/c1-12(30-11-18(26)24-16-8-4-14(21)5-9-16)20(28)29-10-17(25)23-15-6-2-13(3-7-15)19(22)27/h2-9,12H,10-11H2,1H3,(H2,22,27)(H,23,25)(H,24,26)/t12-/m0/s1. The number of ether oxygens (including phenoxy) is 1. The maximum Gasteiger partial charge on any atom is 0.319 e. The Balaban J connectivity index is 1.70. The summed E-state index contributed by atoms with van der Waals surface area (Å²) < 4.78 is 17.8. The summed E-state index contributed by atoms with van der Waals surface area (Å²) in [6, 6.07) is 11.2. The van der Waals surface area contributed by atoms with Crippen LogP contribution in [0.25, 0.3) is 0 Å². The van der Waals surface area contributed by atoms with E-state index in [1.54, 1.807) is 6.92 Å². The quantitative estimate of drug-likeness (QED) is 0.520. The van der Waals surface area contributed by atoms with Crippen LogP contribution in [0, 0.1) is 5.82 Å². The van der Waals surface area contributed by atoms with E-state index < -0.39 is 35.5 Å². The molecule has 10 heteroatoms. The number of thioether (sulfide) groups is 1. The van der Waals surface area contributed by atoms with E-state index in [9.17, 15) is 23.6 Å². The van der Waals surface area contributed by atoms with Crippen LogP contribution in [0.15, 0.2) is 48.5 Å². The lowest BCUT2D eigenvalue weighted by Gasteiger charge is -2.12. The molecular weight excluding hydrogens is 413 g/mol. The topological polar surface area (TPSA) is 128 Å². The number of benzene rings is 2. The molecule has 0 saturated heterocycles. The van der Waals surface area contributed by atoms with Gasteiger partial charge in [-0.1, -0.05) is 0 Å². The van der Waals surface area contributed by atoms with Gasteiger partial charge in [0, 0.05) is 16.9 Å². The summed E-state index contributed by atoms with van der Waals surface area (Å²) in [7, 11) is 0. The number of amides is 3. The molecule has 0 bridgehead atoms. The first kappa shape index (κ1) is 22.9. The van der Waals surface area contributed by atoms with Crippen LogP contribution in [0.5, 0.6) is 0 Å². The van der Waals surface area contributed by atoms with Gasteiger partial charge in [0.25, 0.3) is 5.91 Å². The molecule has 4 N–H and O–H groups in total. The van der Waals surface area contributed by atoms with E-state index in [0.29, 0.717) is 16.9 Å². The zero-order valence-corrected chi connectivity index (χ0v) is 16.8. The van der Waals surface area contributed by atoms with Crippen molar-refractivity contribution < 1.29 is 28.3 Å². The smallest absolute Gasteiger partial charge is 0.319 e. The van der Waals surface area contributed by atoms with Crippen molar-refractivity contribution >= 4 is 46.8 Å². The van der Waals surface area contributed by atoms with E-state index in [-0.39, 0.29) is 11.7 Å². The van der Waals surface area contributed by atoms with Crippen LogP contribution in [0.3, 0.4) is 0 Å². The van der Waals surface area contributed by atoms with E-state index in [1.807, 2.05) is 0 Å². The van der Waals surface area contributed by atoms with Crippen molar-refractivity contribution in [2.75, 3.05) is 23.0 Å². The maximum absolute atomic E-state index is 12.8. The number of halogens is 1. The van der Waals surface area contributed by atoms with Crippen LogP contribution in [-0.2, 0) is 19.1 Å². The van der Waals surface area contributed by atoms with Gasteiger partial charge in [0.1, 0.15) is 11.1 Å². The highest BCUT2D eigenvalue weighted by molar-refractivity contribution is 8.01. The lowest BCUT2D eigenvalue weighted by Crippen LogP contribution is -2.26. The van der Waals surface area contributed by atoms with Crippen molar-refractivity contribution in [1.82, 2.24) is 0 Å². The molecule has 0 aliphatic rings.